The van der Waals surface area contributed by atoms with Gasteiger partial charge in [0.05, 0.1) is 17.2 Å². The number of aromatic hydroxyl groups is 1. The Morgan fingerprint density at radius 2 is 2.00 bits per heavy atom. The van der Waals surface area contributed by atoms with E-state index in [0.717, 1.165) is 0 Å². The van der Waals surface area contributed by atoms with Gasteiger partial charge in [0.2, 0.25) is 0 Å². The fourth-order valence-electron chi connectivity index (χ4n) is 1.10. The van der Waals surface area contributed by atoms with E-state index in [1.165, 1.54) is 18.2 Å². The molecule has 0 radical (unpaired) electrons. The summed E-state index contributed by atoms with van der Waals surface area (Å²) in [6, 6.07) is 6.34. The summed E-state index contributed by atoms with van der Waals surface area (Å²) in [5.74, 6) is 0.00602. The van der Waals surface area contributed by atoms with Gasteiger partial charge in [0.1, 0.15) is 5.75 Å². The molecule has 3 heteroatoms. The fraction of sp³-hybridized carbons (Fsp3) is 0.300. The quantitative estimate of drug-likeness (QED) is 0.683. The van der Waals surface area contributed by atoms with Gasteiger partial charge in [-0.3, -0.25) is 0 Å². The van der Waals surface area contributed by atoms with E-state index in [1.54, 1.807) is 13.8 Å². The van der Waals surface area contributed by atoms with Crippen LogP contribution in [0.3, 0.4) is 0 Å². The van der Waals surface area contributed by atoms with Gasteiger partial charge in [-0.15, -0.1) is 0 Å². The predicted molar refractivity (Wildman–Crippen MR) is 48.1 cm³/mol. The molecule has 3 nitrogen and oxygen atoms in total. The number of nitrogens with zero attached hydrogens (tertiary/aromatic N) is 1. The highest BCUT2D eigenvalue weighted by molar-refractivity contribution is 5.43. The van der Waals surface area contributed by atoms with Crippen molar-refractivity contribution in [2.45, 2.75) is 19.4 Å². The first-order valence-corrected chi connectivity index (χ1v) is 3.91. The molecular weight excluding hydrogens is 166 g/mol. The van der Waals surface area contributed by atoms with Crippen molar-refractivity contribution in [3.8, 4) is 11.8 Å². The van der Waals surface area contributed by atoms with Gasteiger partial charge in [-0.25, -0.2) is 0 Å². The average Bonchev–Trinajstić information content (AvgIpc) is 2.03. The number of nitriles is 1. The maximum Gasteiger partial charge on any atom is 0.121 e. The molecule has 0 amide bonds. The van der Waals surface area contributed by atoms with E-state index in [2.05, 4.69) is 0 Å². The largest absolute Gasteiger partial charge is 0.508 e. The summed E-state index contributed by atoms with van der Waals surface area (Å²) in [5.41, 5.74) is -0.335. The molecule has 0 aliphatic carbocycles. The number of phenolic OH excluding ortho intramolecular Hbond substituents is 1. The van der Waals surface area contributed by atoms with Crippen LogP contribution in [0.25, 0.3) is 0 Å². The molecule has 1 aromatic carbocycles. The number of phenols is 1. The summed E-state index contributed by atoms with van der Waals surface area (Å²) in [6.07, 6.45) is 0. The summed E-state index contributed by atoms with van der Waals surface area (Å²) >= 11 is 0. The van der Waals surface area contributed by atoms with Crippen LogP contribution in [0.1, 0.15) is 25.0 Å². The standard InChI is InChI=1S/C10H11NO2/c1-10(2,13)8-5-7(6-11)3-4-9(8)12/h3-5,12-13H,1-2H3. The van der Waals surface area contributed by atoms with Crippen LogP contribution in [0.5, 0.6) is 5.75 Å². The zero-order valence-electron chi connectivity index (χ0n) is 7.57. The fourth-order valence-corrected chi connectivity index (χ4v) is 1.10. The van der Waals surface area contributed by atoms with E-state index in [1.807, 2.05) is 6.07 Å². The Bertz CT molecular complexity index is 358. The van der Waals surface area contributed by atoms with E-state index in [-0.39, 0.29) is 5.75 Å². The van der Waals surface area contributed by atoms with Gasteiger partial charge < -0.3 is 10.2 Å². The van der Waals surface area contributed by atoms with Crippen LogP contribution in [0.4, 0.5) is 0 Å². The molecule has 0 fully saturated rings. The molecule has 0 bridgehead atoms. The average molecular weight is 177 g/mol. The Hall–Kier alpha value is -1.53. The first-order valence-electron chi connectivity index (χ1n) is 3.91. The van der Waals surface area contributed by atoms with Crippen LogP contribution >= 0.6 is 0 Å². The van der Waals surface area contributed by atoms with Gasteiger partial charge in [-0.05, 0) is 32.0 Å². The van der Waals surface area contributed by atoms with E-state index >= 15 is 0 Å². The Labute approximate surface area is 76.9 Å². The Balaban J connectivity index is 3.29. The minimum absolute atomic E-state index is 0.00602. The zero-order valence-corrected chi connectivity index (χ0v) is 7.57. The van der Waals surface area contributed by atoms with E-state index in [9.17, 15) is 10.2 Å². The highest BCUT2D eigenvalue weighted by atomic mass is 16.3. The van der Waals surface area contributed by atoms with Crippen molar-refractivity contribution in [1.29, 1.82) is 5.26 Å². The summed E-state index contributed by atoms with van der Waals surface area (Å²) in [7, 11) is 0. The van der Waals surface area contributed by atoms with Crippen molar-refractivity contribution in [3.63, 3.8) is 0 Å². The lowest BCUT2D eigenvalue weighted by molar-refractivity contribution is 0.0758. The first-order chi connectivity index (χ1) is 5.95. The lowest BCUT2D eigenvalue weighted by Crippen LogP contribution is -2.15. The number of hydrogen-bond acceptors (Lipinski definition) is 3. The first kappa shape index (κ1) is 9.56. The monoisotopic (exact) mass is 177 g/mol. The van der Waals surface area contributed by atoms with E-state index < -0.39 is 5.60 Å². The molecule has 0 unspecified atom stereocenters. The molecule has 0 aromatic heterocycles. The van der Waals surface area contributed by atoms with Gasteiger partial charge in [-0.1, -0.05) is 0 Å². The van der Waals surface area contributed by atoms with Gasteiger partial charge in [0.25, 0.3) is 0 Å². The molecule has 0 aliphatic rings. The number of benzene rings is 1. The molecule has 2 N–H and O–H groups in total. The summed E-state index contributed by atoms with van der Waals surface area (Å²) < 4.78 is 0. The van der Waals surface area contributed by atoms with Crippen molar-refractivity contribution in [2.24, 2.45) is 0 Å². The van der Waals surface area contributed by atoms with E-state index in [4.69, 9.17) is 5.26 Å². The molecule has 1 aromatic rings. The minimum atomic E-state index is -1.13. The van der Waals surface area contributed by atoms with Gasteiger partial charge in [0.15, 0.2) is 0 Å². The summed E-state index contributed by atoms with van der Waals surface area (Å²) in [6.45, 7) is 3.12. The Morgan fingerprint density at radius 1 is 1.38 bits per heavy atom. The van der Waals surface area contributed by atoms with Crippen molar-refractivity contribution in [3.05, 3.63) is 29.3 Å². The molecule has 1 rings (SSSR count). The highest BCUT2D eigenvalue weighted by Gasteiger charge is 2.20. The smallest absolute Gasteiger partial charge is 0.121 e. The zero-order chi connectivity index (χ0) is 10.1. The third kappa shape index (κ3) is 1.98. The van der Waals surface area contributed by atoms with E-state index in [0.29, 0.717) is 11.1 Å². The Morgan fingerprint density at radius 3 is 2.46 bits per heavy atom. The number of aliphatic hydroxyl groups is 1. The van der Waals surface area contributed by atoms with Gasteiger partial charge in [0, 0.05) is 5.56 Å². The van der Waals surface area contributed by atoms with Crippen LogP contribution in [0.2, 0.25) is 0 Å². The maximum absolute atomic E-state index is 9.62. The molecule has 0 heterocycles. The SMILES string of the molecule is CC(C)(O)c1cc(C#N)ccc1O. The van der Waals surface area contributed by atoms with Crippen LogP contribution in [0, 0.1) is 11.3 Å². The third-order valence-corrected chi connectivity index (χ3v) is 1.78. The van der Waals surface area contributed by atoms with Gasteiger partial charge >= 0.3 is 0 Å². The number of rotatable bonds is 1. The second-order valence-electron chi connectivity index (χ2n) is 3.40. The lowest BCUT2D eigenvalue weighted by atomic mass is 9.96. The molecule has 0 spiro atoms. The summed E-state index contributed by atoms with van der Waals surface area (Å²) in [4.78, 5) is 0. The minimum Gasteiger partial charge on any atom is -0.508 e. The molecule has 0 atom stereocenters. The molecular formula is C10H11NO2. The summed E-state index contributed by atoms with van der Waals surface area (Å²) in [5, 5.41) is 27.6. The molecule has 13 heavy (non-hydrogen) atoms. The van der Waals surface area contributed by atoms with Gasteiger partial charge in [-0.2, -0.15) is 5.26 Å². The number of hydrogen-bond donors (Lipinski definition) is 2. The molecule has 0 saturated carbocycles. The van der Waals surface area contributed by atoms with Crippen molar-refractivity contribution in [2.75, 3.05) is 0 Å². The molecule has 0 saturated heterocycles. The van der Waals surface area contributed by atoms with Crippen LogP contribution in [-0.4, -0.2) is 10.2 Å². The molecule has 0 aliphatic heterocycles. The van der Waals surface area contributed by atoms with Crippen LogP contribution in [-0.2, 0) is 5.60 Å². The topological polar surface area (TPSA) is 64.2 Å². The molecule has 68 valence electrons. The second-order valence-corrected chi connectivity index (χ2v) is 3.40. The van der Waals surface area contributed by atoms with Crippen molar-refractivity contribution >= 4 is 0 Å². The predicted octanol–water partition coefficient (Wildman–Crippen LogP) is 1.49. The maximum atomic E-state index is 9.62. The normalized spacial score (nSPS) is 10.9. The van der Waals surface area contributed by atoms with Crippen LogP contribution < -0.4 is 0 Å². The Kier molecular flexibility index (Phi) is 2.26. The highest BCUT2D eigenvalue weighted by Crippen LogP contribution is 2.29. The van der Waals surface area contributed by atoms with Crippen molar-refractivity contribution in [1.82, 2.24) is 0 Å². The second kappa shape index (κ2) is 3.08. The third-order valence-electron chi connectivity index (χ3n) is 1.78. The lowest BCUT2D eigenvalue weighted by Gasteiger charge is -2.18. The van der Waals surface area contributed by atoms with Crippen molar-refractivity contribution < 1.29 is 10.2 Å². The van der Waals surface area contributed by atoms with Crippen LogP contribution in [0.15, 0.2) is 18.2 Å².